The average Bonchev–Trinajstić information content (AvgIpc) is 3.33. The van der Waals surface area contributed by atoms with E-state index >= 15 is 0 Å². The van der Waals surface area contributed by atoms with Gasteiger partial charge >= 0.3 is 0 Å². The molecule has 1 heterocycles. The Morgan fingerprint density at radius 1 is 0.488 bits per heavy atom. The smallest absolute Gasteiger partial charge is 0.0991 e. The van der Waals surface area contributed by atoms with Crippen LogP contribution in [0.5, 0.6) is 0 Å². The van der Waals surface area contributed by atoms with E-state index in [0.29, 0.717) is 5.56 Å². The summed E-state index contributed by atoms with van der Waals surface area (Å²) >= 11 is 0. The van der Waals surface area contributed by atoms with E-state index < -0.39 is 0 Å². The Morgan fingerprint density at radius 3 is 1.71 bits per heavy atom. The number of hydrogen-bond acceptors (Lipinski definition) is 1. The molecule has 0 aliphatic rings. The summed E-state index contributed by atoms with van der Waals surface area (Å²) in [5, 5.41) is 12.4. The first-order chi connectivity index (χ1) is 20.1. The van der Waals surface area contributed by atoms with Gasteiger partial charge in [-0.3, -0.25) is 0 Å². The lowest BCUT2D eigenvalue weighted by atomic mass is 9.88. The molecule has 0 N–H and O–H groups in total. The van der Waals surface area contributed by atoms with E-state index in [0.717, 1.165) is 27.9 Å². The standard InChI is InChI=1S/C39H28N2/c1-26-16-20-38-35(22-26)36-23-27(2)17-21-39(36)41(38)37-15-9-8-14-33(37)34-24-28(25-40)18-19-32(34)31-13-7-6-12-30(31)29-10-4-3-5-11-29/h3-24H,1-2H3. The molecule has 2 nitrogen and oxygen atoms in total. The van der Waals surface area contributed by atoms with Crippen LogP contribution in [0.1, 0.15) is 16.7 Å². The highest BCUT2D eigenvalue weighted by Crippen LogP contribution is 2.42. The molecule has 7 rings (SSSR count). The molecule has 0 saturated carbocycles. The zero-order valence-corrected chi connectivity index (χ0v) is 23.1. The molecule has 41 heavy (non-hydrogen) atoms. The van der Waals surface area contributed by atoms with Crippen molar-refractivity contribution in [1.29, 1.82) is 5.26 Å². The van der Waals surface area contributed by atoms with Crippen LogP contribution in [-0.2, 0) is 0 Å². The summed E-state index contributed by atoms with van der Waals surface area (Å²) < 4.78 is 2.38. The van der Waals surface area contributed by atoms with Crippen LogP contribution in [0.2, 0.25) is 0 Å². The van der Waals surface area contributed by atoms with E-state index in [4.69, 9.17) is 0 Å². The predicted molar refractivity (Wildman–Crippen MR) is 171 cm³/mol. The largest absolute Gasteiger partial charge is 0.309 e. The molecule has 0 bridgehead atoms. The van der Waals surface area contributed by atoms with Gasteiger partial charge in [-0.05, 0) is 84.1 Å². The van der Waals surface area contributed by atoms with E-state index in [1.54, 1.807) is 0 Å². The van der Waals surface area contributed by atoms with E-state index in [1.165, 1.54) is 44.1 Å². The molecule has 0 radical (unpaired) electrons. The Hall–Kier alpha value is -5.39. The molecule has 0 amide bonds. The van der Waals surface area contributed by atoms with Crippen LogP contribution in [0.25, 0.3) is 60.9 Å². The van der Waals surface area contributed by atoms with Crippen LogP contribution in [0.15, 0.2) is 133 Å². The van der Waals surface area contributed by atoms with Gasteiger partial charge in [-0.25, -0.2) is 0 Å². The second-order valence-electron chi connectivity index (χ2n) is 10.7. The second kappa shape index (κ2) is 9.97. The summed E-state index contributed by atoms with van der Waals surface area (Å²) in [6.45, 7) is 4.30. The van der Waals surface area contributed by atoms with Gasteiger partial charge in [0.15, 0.2) is 0 Å². The number of rotatable bonds is 4. The fourth-order valence-electron chi connectivity index (χ4n) is 6.07. The first-order valence-electron chi connectivity index (χ1n) is 13.9. The zero-order chi connectivity index (χ0) is 27.9. The molecular formula is C39H28N2. The van der Waals surface area contributed by atoms with E-state index in [1.807, 2.05) is 18.2 Å². The number of aromatic nitrogens is 1. The summed E-state index contributed by atoms with van der Waals surface area (Å²) in [5.74, 6) is 0. The number of para-hydroxylation sites is 1. The molecule has 0 spiro atoms. The van der Waals surface area contributed by atoms with Crippen LogP contribution >= 0.6 is 0 Å². The SMILES string of the molecule is Cc1ccc2c(c1)c1cc(C)ccc1n2-c1ccccc1-c1cc(C#N)ccc1-c1ccccc1-c1ccccc1. The van der Waals surface area contributed by atoms with Gasteiger partial charge in [-0.2, -0.15) is 5.26 Å². The highest BCUT2D eigenvalue weighted by Gasteiger charge is 2.19. The second-order valence-corrected chi connectivity index (χ2v) is 10.7. The van der Waals surface area contributed by atoms with Gasteiger partial charge < -0.3 is 4.57 Å². The van der Waals surface area contributed by atoms with Crippen molar-refractivity contribution in [3.63, 3.8) is 0 Å². The first kappa shape index (κ1) is 24.6. The number of nitriles is 1. The third kappa shape index (κ3) is 4.20. The molecular weight excluding hydrogens is 496 g/mol. The van der Waals surface area contributed by atoms with Crippen molar-refractivity contribution in [3.05, 3.63) is 150 Å². The fourth-order valence-corrected chi connectivity index (χ4v) is 6.07. The number of aryl methyl sites for hydroxylation is 2. The topological polar surface area (TPSA) is 28.7 Å². The van der Waals surface area contributed by atoms with Gasteiger partial charge in [0.05, 0.1) is 28.4 Å². The Labute approximate surface area is 240 Å². The minimum Gasteiger partial charge on any atom is -0.309 e. The van der Waals surface area contributed by atoms with Crippen molar-refractivity contribution < 1.29 is 0 Å². The highest BCUT2D eigenvalue weighted by atomic mass is 15.0. The van der Waals surface area contributed by atoms with Crippen molar-refractivity contribution in [3.8, 4) is 45.1 Å². The molecule has 1 aromatic heterocycles. The average molecular weight is 525 g/mol. The van der Waals surface area contributed by atoms with E-state index in [-0.39, 0.29) is 0 Å². The maximum Gasteiger partial charge on any atom is 0.0991 e. The summed E-state index contributed by atoms with van der Waals surface area (Å²) in [4.78, 5) is 0. The Bertz CT molecular complexity index is 2060. The molecule has 0 atom stereocenters. The summed E-state index contributed by atoms with van der Waals surface area (Å²) in [5.41, 5.74) is 13.3. The van der Waals surface area contributed by atoms with Crippen molar-refractivity contribution in [2.24, 2.45) is 0 Å². The van der Waals surface area contributed by atoms with Crippen molar-refractivity contribution in [2.45, 2.75) is 13.8 Å². The lowest BCUT2D eigenvalue weighted by Crippen LogP contribution is -1.99. The van der Waals surface area contributed by atoms with Crippen molar-refractivity contribution >= 4 is 21.8 Å². The minimum absolute atomic E-state index is 0.643. The normalized spacial score (nSPS) is 11.1. The maximum atomic E-state index is 9.94. The quantitative estimate of drug-likeness (QED) is 0.225. The monoisotopic (exact) mass is 524 g/mol. The molecule has 2 heteroatoms. The molecule has 0 aliphatic heterocycles. The van der Waals surface area contributed by atoms with Crippen LogP contribution in [-0.4, -0.2) is 4.57 Å². The van der Waals surface area contributed by atoms with Crippen LogP contribution in [0, 0.1) is 25.2 Å². The third-order valence-electron chi connectivity index (χ3n) is 7.96. The van der Waals surface area contributed by atoms with Crippen LogP contribution < -0.4 is 0 Å². The van der Waals surface area contributed by atoms with Crippen LogP contribution in [0.4, 0.5) is 0 Å². The van der Waals surface area contributed by atoms with Gasteiger partial charge in [-0.15, -0.1) is 0 Å². The molecule has 0 unspecified atom stereocenters. The van der Waals surface area contributed by atoms with Gasteiger partial charge in [-0.1, -0.05) is 102 Å². The van der Waals surface area contributed by atoms with Gasteiger partial charge in [0.2, 0.25) is 0 Å². The zero-order valence-electron chi connectivity index (χ0n) is 23.1. The molecule has 7 aromatic rings. The third-order valence-corrected chi connectivity index (χ3v) is 7.96. The van der Waals surface area contributed by atoms with Gasteiger partial charge in [0, 0.05) is 16.3 Å². The Kier molecular flexibility index (Phi) is 5.99. The van der Waals surface area contributed by atoms with Crippen molar-refractivity contribution in [1.82, 2.24) is 4.57 Å². The number of fused-ring (bicyclic) bond motifs is 3. The summed E-state index contributed by atoms with van der Waals surface area (Å²) in [6, 6.07) is 49.5. The Balaban J connectivity index is 1.55. The molecule has 6 aromatic carbocycles. The van der Waals surface area contributed by atoms with Crippen LogP contribution in [0.3, 0.4) is 0 Å². The maximum absolute atomic E-state index is 9.94. The number of nitrogens with zero attached hydrogens (tertiary/aromatic N) is 2. The molecule has 0 saturated heterocycles. The molecule has 0 aliphatic carbocycles. The fraction of sp³-hybridized carbons (Fsp3) is 0.0513. The predicted octanol–water partition coefficient (Wildman–Crippen LogP) is 10.3. The first-order valence-corrected chi connectivity index (χ1v) is 13.9. The number of benzene rings is 6. The lowest BCUT2D eigenvalue weighted by Gasteiger charge is -2.19. The minimum atomic E-state index is 0.643. The number of hydrogen-bond donors (Lipinski definition) is 0. The van der Waals surface area contributed by atoms with Crippen molar-refractivity contribution in [2.75, 3.05) is 0 Å². The van der Waals surface area contributed by atoms with Gasteiger partial charge in [0.1, 0.15) is 0 Å². The molecule has 0 fully saturated rings. The van der Waals surface area contributed by atoms with E-state index in [2.05, 4.69) is 140 Å². The highest BCUT2D eigenvalue weighted by molar-refractivity contribution is 6.10. The van der Waals surface area contributed by atoms with Gasteiger partial charge in [0.25, 0.3) is 0 Å². The Morgan fingerprint density at radius 2 is 1.05 bits per heavy atom. The lowest BCUT2D eigenvalue weighted by molar-refractivity contribution is 1.18. The summed E-state index contributed by atoms with van der Waals surface area (Å²) in [7, 11) is 0. The molecule has 194 valence electrons. The summed E-state index contributed by atoms with van der Waals surface area (Å²) in [6.07, 6.45) is 0. The van der Waals surface area contributed by atoms with E-state index in [9.17, 15) is 5.26 Å².